The zero-order valence-electron chi connectivity index (χ0n) is 15.0. The van der Waals surface area contributed by atoms with Crippen LogP contribution in [0.15, 0.2) is 12.1 Å². The summed E-state index contributed by atoms with van der Waals surface area (Å²) in [6, 6.07) is 2.11. The number of aromatic nitrogens is 2. The predicted molar refractivity (Wildman–Crippen MR) is 87.5 cm³/mol. The van der Waals surface area contributed by atoms with Crippen molar-refractivity contribution in [2.45, 2.75) is 39.0 Å². The molecule has 2 N–H and O–H groups in total. The highest BCUT2D eigenvalue weighted by Gasteiger charge is 2.31. The molecule has 0 amide bonds. The molecule has 0 bridgehead atoms. The number of alkyl halides is 6. The number of aryl methyl sites for hydroxylation is 2. The van der Waals surface area contributed by atoms with Gasteiger partial charge in [0.15, 0.2) is 24.7 Å². The lowest BCUT2D eigenvalue weighted by molar-refractivity contribution is -0.154. The number of imidazole rings is 1. The number of rotatable bonds is 7. The summed E-state index contributed by atoms with van der Waals surface area (Å²) in [5, 5.41) is 9.99. The largest absolute Gasteiger partial charge is 0.502 e. The number of ether oxygens (including phenoxy) is 2. The predicted octanol–water partition coefficient (Wildman–Crippen LogP) is 4.79. The third-order valence-corrected chi connectivity index (χ3v) is 3.65. The first-order valence-corrected chi connectivity index (χ1v) is 8.27. The van der Waals surface area contributed by atoms with E-state index in [0.29, 0.717) is 18.5 Å². The Morgan fingerprint density at radius 2 is 1.43 bits per heavy atom. The summed E-state index contributed by atoms with van der Waals surface area (Å²) in [7, 11) is 0. The van der Waals surface area contributed by atoms with Crippen LogP contribution < -0.4 is 9.47 Å². The number of nitrogens with zero attached hydrogens (tertiary/aromatic N) is 1. The fourth-order valence-corrected chi connectivity index (χ4v) is 2.43. The van der Waals surface area contributed by atoms with Crippen LogP contribution >= 0.6 is 0 Å². The summed E-state index contributed by atoms with van der Waals surface area (Å²) in [5.41, 5.74) is 1.60. The van der Waals surface area contributed by atoms with Crippen LogP contribution in [0.5, 0.6) is 17.2 Å². The number of hydrogen-bond donors (Lipinski definition) is 2. The molecule has 0 fully saturated rings. The minimum Gasteiger partial charge on any atom is -0.502 e. The molecule has 1 aromatic heterocycles. The summed E-state index contributed by atoms with van der Waals surface area (Å²) in [4.78, 5) is 7.28. The van der Waals surface area contributed by atoms with Crippen molar-refractivity contribution in [3.05, 3.63) is 23.5 Å². The highest BCUT2D eigenvalue weighted by molar-refractivity contribution is 5.66. The molecule has 0 atom stereocenters. The van der Waals surface area contributed by atoms with E-state index in [1.54, 1.807) is 0 Å². The lowest BCUT2D eigenvalue weighted by Gasteiger charge is -2.16. The van der Waals surface area contributed by atoms with Crippen LogP contribution in [0.4, 0.5) is 26.3 Å². The Labute approximate surface area is 156 Å². The molecule has 0 aliphatic rings. The van der Waals surface area contributed by atoms with Crippen LogP contribution in [0, 0.1) is 0 Å². The Morgan fingerprint density at radius 1 is 0.929 bits per heavy atom. The smallest absolute Gasteiger partial charge is 0.422 e. The number of phenols is 1. The van der Waals surface area contributed by atoms with Crippen LogP contribution in [0.3, 0.4) is 0 Å². The number of phenolic OH excluding ortho intramolecular Hbond substituents is 1. The minimum atomic E-state index is -4.70. The number of nitrogens with one attached hydrogen (secondary N) is 1. The van der Waals surface area contributed by atoms with Gasteiger partial charge >= 0.3 is 12.4 Å². The molecule has 1 heterocycles. The van der Waals surface area contributed by atoms with Gasteiger partial charge in [0, 0.05) is 11.3 Å². The van der Waals surface area contributed by atoms with E-state index in [9.17, 15) is 31.4 Å². The molecule has 0 saturated carbocycles. The third-order valence-electron chi connectivity index (χ3n) is 3.65. The molecule has 0 radical (unpaired) electrons. The molecule has 2 rings (SSSR count). The van der Waals surface area contributed by atoms with Gasteiger partial charge in [-0.15, -0.1) is 0 Å². The number of halogens is 6. The third kappa shape index (κ3) is 5.70. The summed E-state index contributed by atoms with van der Waals surface area (Å²) < 4.78 is 83.8. The van der Waals surface area contributed by atoms with Crippen LogP contribution in [-0.4, -0.2) is 40.6 Å². The van der Waals surface area contributed by atoms with Crippen molar-refractivity contribution >= 4 is 0 Å². The van der Waals surface area contributed by atoms with Gasteiger partial charge in [-0.1, -0.05) is 13.8 Å². The molecule has 5 nitrogen and oxygen atoms in total. The normalized spacial score (nSPS) is 12.3. The van der Waals surface area contributed by atoms with Gasteiger partial charge in [0.25, 0.3) is 0 Å². The average Bonchev–Trinajstić information content (AvgIpc) is 3.01. The number of hydrogen-bond acceptors (Lipinski definition) is 4. The van der Waals surface area contributed by atoms with Gasteiger partial charge in [-0.05, 0) is 25.0 Å². The zero-order valence-corrected chi connectivity index (χ0v) is 15.0. The molecule has 156 valence electrons. The number of aromatic amines is 1. The highest BCUT2D eigenvalue weighted by Crippen LogP contribution is 2.41. The van der Waals surface area contributed by atoms with Crippen molar-refractivity contribution in [1.82, 2.24) is 9.97 Å². The van der Waals surface area contributed by atoms with Gasteiger partial charge in [-0.3, -0.25) is 0 Å². The second-order valence-electron chi connectivity index (χ2n) is 5.85. The topological polar surface area (TPSA) is 67.4 Å². The molecule has 0 spiro atoms. The fraction of sp³-hybridized carbons (Fsp3) is 0.471. The van der Waals surface area contributed by atoms with Gasteiger partial charge in [-0.2, -0.15) is 26.3 Å². The number of H-pyrrole nitrogens is 1. The summed E-state index contributed by atoms with van der Waals surface area (Å²) >= 11 is 0. The monoisotopic (exact) mass is 412 g/mol. The Morgan fingerprint density at radius 3 is 1.79 bits per heavy atom. The molecule has 1 aromatic carbocycles. The molecular formula is C17H18F6N2O3. The molecule has 0 saturated heterocycles. The number of benzene rings is 1. The Balaban J connectivity index is 2.47. The highest BCUT2D eigenvalue weighted by atomic mass is 19.4. The molecule has 2 aromatic rings. The van der Waals surface area contributed by atoms with E-state index in [2.05, 4.69) is 19.4 Å². The van der Waals surface area contributed by atoms with Crippen molar-refractivity contribution in [3.63, 3.8) is 0 Å². The van der Waals surface area contributed by atoms with E-state index < -0.39 is 42.8 Å². The summed E-state index contributed by atoms with van der Waals surface area (Å²) in [6.07, 6.45) is -8.23. The molecule has 0 aliphatic heterocycles. The summed E-state index contributed by atoms with van der Waals surface area (Å²) in [6.45, 7) is 0.247. The second kappa shape index (κ2) is 8.19. The standard InChI is InChI=1S/C17H18F6N2O3/c1-3-10-11(4-2)25-15(24-10)9-5-12(27-7-16(18,19)20)14(26)13(6-9)28-8-17(21,22)23/h5-6,26H,3-4,7-8H2,1-2H3,(H,24,25). The Kier molecular flexibility index (Phi) is 6.35. The van der Waals surface area contributed by atoms with E-state index in [-0.39, 0.29) is 11.4 Å². The van der Waals surface area contributed by atoms with Gasteiger partial charge < -0.3 is 19.6 Å². The molecule has 0 aliphatic carbocycles. The maximum absolute atomic E-state index is 12.4. The van der Waals surface area contributed by atoms with E-state index in [0.717, 1.165) is 17.8 Å². The van der Waals surface area contributed by atoms with Gasteiger partial charge in [0.05, 0.1) is 5.69 Å². The van der Waals surface area contributed by atoms with Gasteiger partial charge in [-0.25, -0.2) is 4.98 Å². The minimum absolute atomic E-state index is 0.113. The van der Waals surface area contributed by atoms with E-state index in [1.807, 2.05) is 13.8 Å². The van der Waals surface area contributed by atoms with Crippen LogP contribution in [0.2, 0.25) is 0 Å². The van der Waals surface area contributed by atoms with Crippen molar-refractivity contribution in [2.24, 2.45) is 0 Å². The molecular weight excluding hydrogens is 394 g/mol. The second-order valence-corrected chi connectivity index (χ2v) is 5.85. The fourth-order valence-electron chi connectivity index (χ4n) is 2.43. The quantitative estimate of drug-likeness (QED) is 0.642. The average molecular weight is 412 g/mol. The van der Waals surface area contributed by atoms with Gasteiger partial charge in [0.2, 0.25) is 5.75 Å². The first-order valence-electron chi connectivity index (χ1n) is 8.27. The van der Waals surface area contributed by atoms with Crippen molar-refractivity contribution in [2.75, 3.05) is 13.2 Å². The van der Waals surface area contributed by atoms with E-state index in [1.165, 1.54) is 0 Å². The zero-order chi connectivity index (χ0) is 21.1. The van der Waals surface area contributed by atoms with Crippen molar-refractivity contribution in [3.8, 4) is 28.6 Å². The molecule has 0 unspecified atom stereocenters. The Hall–Kier alpha value is -2.59. The van der Waals surface area contributed by atoms with E-state index in [4.69, 9.17) is 0 Å². The first-order chi connectivity index (χ1) is 12.9. The van der Waals surface area contributed by atoms with Crippen LogP contribution in [0.1, 0.15) is 25.2 Å². The van der Waals surface area contributed by atoms with Crippen molar-refractivity contribution < 1.29 is 40.9 Å². The van der Waals surface area contributed by atoms with Crippen LogP contribution in [0.25, 0.3) is 11.4 Å². The summed E-state index contributed by atoms with van der Waals surface area (Å²) in [5.74, 6) is -2.09. The Bertz CT molecular complexity index is 754. The number of aromatic hydroxyl groups is 1. The SMILES string of the molecule is CCc1nc(-c2cc(OCC(F)(F)F)c(O)c(OCC(F)(F)F)c2)[nH]c1CC. The van der Waals surface area contributed by atoms with E-state index >= 15 is 0 Å². The van der Waals surface area contributed by atoms with Crippen molar-refractivity contribution in [1.29, 1.82) is 0 Å². The molecule has 11 heteroatoms. The van der Waals surface area contributed by atoms with Crippen LogP contribution in [-0.2, 0) is 12.8 Å². The maximum atomic E-state index is 12.4. The first kappa shape index (κ1) is 21.7. The van der Waals surface area contributed by atoms with Gasteiger partial charge in [0.1, 0.15) is 5.82 Å². The molecule has 28 heavy (non-hydrogen) atoms. The lowest BCUT2D eigenvalue weighted by atomic mass is 10.1. The maximum Gasteiger partial charge on any atom is 0.422 e. The lowest BCUT2D eigenvalue weighted by Crippen LogP contribution is -2.20.